The van der Waals surface area contributed by atoms with Gasteiger partial charge in [-0.2, -0.15) is 0 Å². The van der Waals surface area contributed by atoms with Crippen molar-refractivity contribution in [2.45, 2.75) is 58.9 Å². The van der Waals surface area contributed by atoms with Crippen molar-refractivity contribution >= 4 is 0 Å². The van der Waals surface area contributed by atoms with E-state index in [-0.39, 0.29) is 0 Å². The van der Waals surface area contributed by atoms with Crippen molar-refractivity contribution < 1.29 is 0 Å². The SMILES string of the molecule is CCCNC(C=C(C)C)C1C2CCCCC21. The number of fused-ring (bicyclic) bond motifs is 1. The van der Waals surface area contributed by atoms with Crippen LogP contribution in [0.25, 0.3) is 0 Å². The third-order valence-electron chi connectivity index (χ3n) is 4.28. The molecular weight excluding hydrogens is 194 g/mol. The minimum atomic E-state index is 0.665. The number of rotatable bonds is 5. The third kappa shape index (κ3) is 2.68. The first-order valence-electron chi connectivity index (χ1n) is 7.12. The van der Waals surface area contributed by atoms with Crippen LogP contribution in [0.15, 0.2) is 11.6 Å². The van der Waals surface area contributed by atoms with E-state index in [1.807, 2.05) is 0 Å². The summed E-state index contributed by atoms with van der Waals surface area (Å²) in [5.74, 6) is 3.07. The van der Waals surface area contributed by atoms with Crippen LogP contribution in [0.1, 0.15) is 52.9 Å². The number of hydrogen-bond donors (Lipinski definition) is 1. The van der Waals surface area contributed by atoms with E-state index in [1.54, 1.807) is 0 Å². The van der Waals surface area contributed by atoms with Gasteiger partial charge < -0.3 is 5.32 Å². The highest BCUT2D eigenvalue weighted by molar-refractivity contribution is 5.13. The molecule has 0 heterocycles. The zero-order valence-corrected chi connectivity index (χ0v) is 11.1. The van der Waals surface area contributed by atoms with Crippen LogP contribution in [0.5, 0.6) is 0 Å². The van der Waals surface area contributed by atoms with Crippen molar-refractivity contribution in [3.8, 4) is 0 Å². The number of allylic oxidation sites excluding steroid dienone is 1. The van der Waals surface area contributed by atoms with E-state index >= 15 is 0 Å². The molecule has 3 unspecified atom stereocenters. The molecule has 2 saturated carbocycles. The summed E-state index contributed by atoms with van der Waals surface area (Å²) in [7, 11) is 0. The van der Waals surface area contributed by atoms with Crippen molar-refractivity contribution in [1.29, 1.82) is 0 Å². The van der Waals surface area contributed by atoms with Crippen molar-refractivity contribution in [1.82, 2.24) is 5.32 Å². The molecule has 0 aliphatic heterocycles. The van der Waals surface area contributed by atoms with Crippen molar-refractivity contribution in [2.75, 3.05) is 6.54 Å². The monoisotopic (exact) mass is 221 g/mol. The summed E-state index contributed by atoms with van der Waals surface area (Å²) in [5, 5.41) is 3.74. The minimum Gasteiger partial charge on any atom is -0.310 e. The maximum atomic E-state index is 3.74. The Morgan fingerprint density at radius 3 is 2.38 bits per heavy atom. The van der Waals surface area contributed by atoms with Crippen molar-refractivity contribution in [3.63, 3.8) is 0 Å². The molecule has 1 nitrogen and oxygen atoms in total. The smallest absolute Gasteiger partial charge is 0.0286 e. The fraction of sp³-hybridized carbons (Fsp3) is 0.867. The summed E-state index contributed by atoms with van der Waals surface area (Å²) in [5.41, 5.74) is 1.47. The summed E-state index contributed by atoms with van der Waals surface area (Å²) >= 11 is 0. The van der Waals surface area contributed by atoms with Gasteiger partial charge >= 0.3 is 0 Å². The average molecular weight is 221 g/mol. The summed E-state index contributed by atoms with van der Waals surface area (Å²) in [6.45, 7) is 7.89. The lowest BCUT2D eigenvalue weighted by atomic mass is 10.0. The molecule has 0 aromatic heterocycles. The van der Waals surface area contributed by atoms with E-state index in [4.69, 9.17) is 0 Å². The Morgan fingerprint density at radius 2 is 1.88 bits per heavy atom. The van der Waals surface area contributed by atoms with E-state index in [0.717, 1.165) is 17.8 Å². The van der Waals surface area contributed by atoms with Crippen LogP contribution in [0.3, 0.4) is 0 Å². The predicted molar refractivity (Wildman–Crippen MR) is 70.5 cm³/mol. The Hall–Kier alpha value is -0.300. The Morgan fingerprint density at radius 1 is 1.25 bits per heavy atom. The third-order valence-corrected chi connectivity index (χ3v) is 4.28. The minimum absolute atomic E-state index is 0.665. The lowest BCUT2D eigenvalue weighted by Crippen LogP contribution is -2.31. The summed E-state index contributed by atoms with van der Waals surface area (Å²) in [6, 6.07) is 0.665. The van der Waals surface area contributed by atoms with E-state index in [9.17, 15) is 0 Å². The molecule has 0 amide bonds. The van der Waals surface area contributed by atoms with Crippen LogP contribution >= 0.6 is 0 Å². The standard InChI is InChI=1S/C15H27N/c1-4-9-16-14(10-11(2)3)15-12-7-5-6-8-13(12)15/h10,12-16H,4-9H2,1-3H3. The van der Waals surface area contributed by atoms with E-state index in [2.05, 4.69) is 32.2 Å². The first kappa shape index (κ1) is 12.2. The second kappa shape index (κ2) is 5.35. The summed E-state index contributed by atoms with van der Waals surface area (Å²) in [4.78, 5) is 0. The van der Waals surface area contributed by atoms with Gasteiger partial charge in [-0.25, -0.2) is 0 Å². The molecule has 0 aromatic carbocycles. The topological polar surface area (TPSA) is 12.0 Å². The van der Waals surface area contributed by atoms with Crippen LogP contribution < -0.4 is 5.32 Å². The van der Waals surface area contributed by atoms with E-state index < -0.39 is 0 Å². The highest BCUT2D eigenvalue weighted by Crippen LogP contribution is 2.57. The molecule has 2 aliphatic carbocycles. The van der Waals surface area contributed by atoms with Crippen molar-refractivity contribution in [2.24, 2.45) is 17.8 Å². The summed E-state index contributed by atoms with van der Waals surface area (Å²) in [6.07, 6.45) is 9.67. The van der Waals surface area contributed by atoms with E-state index in [1.165, 1.54) is 44.2 Å². The maximum absolute atomic E-state index is 3.74. The quantitative estimate of drug-likeness (QED) is 0.697. The van der Waals surface area contributed by atoms with Crippen LogP contribution in [0, 0.1) is 17.8 Å². The highest BCUT2D eigenvalue weighted by Gasteiger charge is 2.53. The molecule has 1 N–H and O–H groups in total. The lowest BCUT2D eigenvalue weighted by molar-refractivity contribution is 0.480. The Balaban J connectivity index is 1.94. The van der Waals surface area contributed by atoms with Crippen molar-refractivity contribution in [3.05, 3.63) is 11.6 Å². The zero-order chi connectivity index (χ0) is 11.5. The van der Waals surface area contributed by atoms with Gasteiger partial charge in [0.2, 0.25) is 0 Å². The largest absolute Gasteiger partial charge is 0.310 e. The van der Waals surface area contributed by atoms with Gasteiger partial charge in [0, 0.05) is 6.04 Å². The molecule has 0 radical (unpaired) electrons. The molecule has 0 bridgehead atoms. The van der Waals surface area contributed by atoms with Crippen LogP contribution in [0.4, 0.5) is 0 Å². The van der Waals surface area contributed by atoms with Crippen LogP contribution in [0.2, 0.25) is 0 Å². The second-order valence-electron chi connectivity index (χ2n) is 5.91. The molecule has 0 saturated heterocycles. The first-order valence-corrected chi connectivity index (χ1v) is 7.12. The predicted octanol–water partition coefficient (Wildman–Crippen LogP) is 3.76. The molecule has 16 heavy (non-hydrogen) atoms. The highest BCUT2D eigenvalue weighted by atomic mass is 14.9. The average Bonchev–Trinajstić information content (AvgIpc) is 2.98. The molecule has 2 aliphatic rings. The molecule has 0 aromatic rings. The fourth-order valence-corrected chi connectivity index (χ4v) is 3.56. The normalized spacial score (nSPS) is 34.1. The fourth-order valence-electron chi connectivity index (χ4n) is 3.56. The second-order valence-corrected chi connectivity index (χ2v) is 5.91. The molecule has 1 heteroatoms. The first-order chi connectivity index (χ1) is 7.74. The van der Waals surface area contributed by atoms with Gasteiger partial charge in [0.15, 0.2) is 0 Å². The molecule has 0 spiro atoms. The van der Waals surface area contributed by atoms with Gasteiger partial charge in [-0.1, -0.05) is 31.4 Å². The molecule has 2 fully saturated rings. The van der Waals surface area contributed by atoms with Gasteiger partial charge in [0.1, 0.15) is 0 Å². The molecule has 92 valence electrons. The van der Waals surface area contributed by atoms with Crippen LogP contribution in [-0.4, -0.2) is 12.6 Å². The van der Waals surface area contributed by atoms with Gasteiger partial charge in [0.25, 0.3) is 0 Å². The Labute approximate surface area is 101 Å². The number of hydrogen-bond acceptors (Lipinski definition) is 1. The van der Waals surface area contributed by atoms with Gasteiger partial charge in [-0.3, -0.25) is 0 Å². The van der Waals surface area contributed by atoms with Gasteiger partial charge in [0.05, 0.1) is 0 Å². The van der Waals surface area contributed by atoms with Crippen LogP contribution in [-0.2, 0) is 0 Å². The summed E-state index contributed by atoms with van der Waals surface area (Å²) < 4.78 is 0. The zero-order valence-electron chi connectivity index (χ0n) is 11.1. The molecular formula is C15H27N. The lowest BCUT2D eigenvalue weighted by Gasteiger charge is -2.15. The van der Waals surface area contributed by atoms with Gasteiger partial charge in [-0.05, 0) is 57.4 Å². The van der Waals surface area contributed by atoms with E-state index in [0.29, 0.717) is 6.04 Å². The maximum Gasteiger partial charge on any atom is 0.0286 e. The number of nitrogens with one attached hydrogen (secondary N) is 1. The molecule has 3 atom stereocenters. The molecule has 2 rings (SSSR count). The Kier molecular flexibility index (Phi) is 4.07. The van der Waals surface area contributed by atoms with Gasteiger partial charge in [-0.15, -0.1) is 0 Å². The Bertz CT molecular complexity index is 240.